The molecule has 0 spiro atoms. The van der Waals surface area contributed by atoms with Crippen molar-refractivity contribution in [1.82, 2.24) is 9.55 Å². The van der Waals surface area contributed by atoms with Crippen molar-refractivity contribution in [1.29, 1.82) is 0 Å². The lowest BCUT2D eigenvalue weighted by Gasteiger charge is -2.05. The second-order valence-corrected chi connectivity index (χ2v) is 5.07. The number of hydrogen-bond acceptors (Lipinski definition) is 2. The molecule has 5 heteroatoms. The average molecular weight is 312 g/mol. The summed E-state index contributed by atoms with van der Waals surface area (Å²) in [6.45, 7) is 2.92. The minimum absolute atomic E-state index is 0.314. The Kier molecular flexibility index (Phi) is 4.01. The number of nitrogens with two attached hydrogens (primary N) is 1. The number of rotatable bonds is 4. The number of imidazole rings is 1. The van der Waals surface area contributed by atoms with Gasteiger partial charge in [-0.2, -0.15) is 0 Å². The van der Waals surface area contributed by atoms with Crippen molar-refractivity contribution in [3.05, 3.63) is 34.8 Å². The van der Waals surface area contributed by atoms with Crippen LogP contribution in [0.2, 0.25) is 0 Å². The highest BCUT2D eigenvalue weighted by Crippen LogP contribution is 2.29. The van der Waals surface area contributed by atoms with E-state index >= 15 is 0 Å². The molecular weight excluding hydrogens is 297 g/mol. The topological polar surface area (TPSA) is 43.8 Å². The molecule has 0 radical (unpaired) electrons. The number of hydrogen-bond donors (Lipinski definition) is 1. The van der Waals surface area contributed by atoms with Crippen LogP contribution in [0.15, 0.2) is 29.0 Å². The number of nitrogen functional groups attached to an aromatic ring is 1. The lowest BCUT2D eigenvalue weighted by atomic mass is 10.1. The molecule has 96 valence electrons. The zero-order valence-electron chi connectivity index (χ0n) is 10.2. The predicted octanol–water partition coefficient (Wildman–Crippen LogP) is 3.83. The van der Waals surface area contributed by atoms with Crippen LogP contribution in [-0.4, -0.2) is 9.55 Å². The fourth-order valence-electron chi connectivity index (χ4n) is 1.78. The van der Waals surface area contributed by atoms with Crippen LogP contribution in [0.4, 0.5) is 10.2 Å². The molecule has 0 aliphatic heterocycles. The lowest BCUT2D eigenvalue weighted by molar-refractivity contribution is 0.630. The molecule has 0 aliphatic carbocycles. The molecule has 2 rings (SSSR count). The van der Waals surface area contributed by atoms with Gasteiger partial charge in [0.15, 0.2) is 0 Å². The number of aromatic nitrogens is 2. The molecule has 18 heavy (non-hydrogen) atoms. The predicted molar refractivity (Wildman–Crippen MR) is 74.6 cm³/mol. The molecule has 1 aromatic carbocycles. The molecule has 3 nitrogen and oxygen atoms in total. The summed E-state index contributed by atoms with van der Waals surface area (Å²) in [6, 6.07) is 4.76. The highest BCUT2D eigenvalue weighted by atomic mass is 79.9. The summed E-state index contributed by atoms with van der Waals surface area (Å²) >= 11 is 3.32. The van der Waals surface area contributed by atoms with Crippen molar-refractivity contribution in [2.45, 2.75) is 26.3 Å². The van der Waals surface area contributed by atoms with Gasteiger partial charge in [0.25, 0.3) is 0 Å². The second-order valence-electron chi connectivity index (χ2n) is 4.15. The summed E-state index contributed by atoms with van der Waals surface area (Å²) in [4.78, 5) is 4.22. The number of benzene rings is 1. The Morgan fingerprint density at radius 1 is 1.44 bits per heavy atom. The van der Waals surface area contributed by atoms with Crippen molar-refractivity contribution in [3.8, 4) is 11.3 Å². The molecule has 0 bridgehead atoms. The first-order valence-electron chi connectivity index (χ1n) is 5.89. The molecule has 1 aromatic heterocycles. The molecule has 0 atom stereocenters. The van der Waals surface area contributed by atoms with E-state index in [0.717, 1.165) is 23.9 Å². The quantitative estimate of drug-likeness (QED) is 0.932. The van der Waals surface area contributed by atoms with E-state index in [1.807, 2.05) is 4.57 Å². The van der Waals surface area contributed by atoms with Gasteiger partial charge in [-0.25, -0.2) is 9.37 Å². The Morgan fingerprint density at radius 3 is 2.94 bits per heavy atom. The summed E-state index contributed by atoms with van der Waals surface area (Å²) < 4.78 is 16.4. The highest BCUT2D eigenvalue weighted by molar-refractivity contribution is 9.10. The SMILES string of the molecule is CCCCn1cnc(-c2cc(Br)ccc2F)c1N. The first-order chi connectivity index (χ1) is 8.63. The molecule has 0 amide bonds. The molecule has 0 fully saturated rings. The van der Waals surface area contributed by atoms with Crippen LogP contribution in [0.5, 0.6) is 0 Å². The molecule has 0 saturated heterocycles. The molecule has 0 saturated carbocycles. The number of aryl methyl sites for hydroxylation is 1. The van der Waals surface area contributed by atoms with Crippen molar-refractivity contribution < 1.29 is 4.39 Å². The van der Waals surface area contributed by atoms with E-state index in [4.69, 9.17) is 5.73 Å². The maximum absolute atomic E-state index is 13.8. The molecule has 2 N–H and O–H groups in total. The van der Waals surface area contributed by atoms with Gasteiger partial charge in [0.05, 0.1) is 6.33 Å². The highest BCUT2D eigenvalue weighted by Gasteiger charge is 2.14. The van der Waals surface area contributed by atoms with E-state index in [1.165, 1.54) is 6.07 Å². The smallest absolute Gasteiger partial charge is 0.132 e. The summed E-state index contributed by atoms with van der Waals surface area (Å²) in [6.07, 6.45) is 3.78. The van der Waals surface area contributed by atoms with Crippen LogP contribution in [0.1, 0.15) is 19.8 Å². The Morgan fingerprint density at radius 2 is 2.22 bits per heavy atom. The van der Waals surface area contributed by atoms with Crippen molar-refractivity contribution in [2.24, 2.45) is 0 Å². The van der Waals surface area contributed by atoms with Crippen LogP contribution in [-0.2, 0) is 6.54 Å². The standard InChI is InChI=1S/C13H15BrFN3/c1-2-3-6-18-8-17-12(13(18)16)10-7-9(14)4-5-11(10)15/h4-5,7-8H,2-3,6,16H2,1H3. The average Bonchev–Trinajstić information content (AvgIpc) is 2.71. The van der Waals surface area contributed by atoms with Gasteiger partial charge >= 0.3 is 0 Å². The Bertz CT molecular complexity index is 551. The Balaban J connectivity index is 2.39. The largest absolute Gasteiger partial charge is 0.383 e. The summed E-state index contributed by atoms with van der Waals surface area (Å²) in [7, 11) is 0. The van der Waals surface area contributed by atoms with E-state index in [2.05, 4.69) is 27.8 Å². The Labute approximate surface area is 114 Å². The minimum Gasteiger partial charge on any atom is -0.383 e. The normalized spacial score (nSPS) is 10.8. The summed E-state index contributed by atoms with van der Waals surface area (Å²) in [5, 5.41) is 0. The van der Waals surface area contributed by atoms with Gasteiger partial charge in [-0.15, -0.1) is 0 Å². The first-order valence-corrected chi connectivity index (χ1v) is 6.68. The van der Waals surface area contributed by atoms with E-state index < -0.39 is 0 Å². The van der Waals surface area contributed by atoms with Crippen LogP contribution in [0, 0.1) is 5.82 Å². The third-order valence-electron chi connectivity index (χ3n) is 2.81. The zero-order valence-corrected chi connectivity index (χ0v) is 11.7. The second kappa shape index (κ2) is 5.52. The van der Waals surface area contributed by atoms with Crippen molar-refractivity contribution in [2.75, 3.05) is 5.73 Å². The minimum atomic E-state index is -0.314. The monoisotopic (exact) mass is 311 g/mol. The summed E-state index contributed by atoms with van der Waals surface area (Å²) in [5.41, 5.74) is 6.95. The van der Waals surface area contributed by atoms with Crippen LogP contribution >= 0.6 is 15.9 Å². The maximum atomic E-state index is 13.8. The van der Waals surface area contributed by atoms with E-state index in [-0.39, 0.29) is 5.82 Å². The molecule has 1 heterocycles. The molecule has 0 unspecified atom stereocenters. The number of halogens is 2. The van der Waals surface area contributed by atoms with Crippen LogP contribution < -0.4 is 5.73 Å². The summed E-state index contributed by atoms with van der Waals surface area (Å²) in [5.74, 6) is 0.200. The van der Waals surface area contributed by atoms with Crippen molar-refractivity contribution in [3.63, 3.8) is 0 Å². The fraction of sp³-hybridized carbons (Fsp3) is 0.308. The molecule has 2 aromatic rings. The van der Waals surface area contributed by atoms with Crippen LogP contribution in [0.25, 0.3) is 11.3 Å². The third-order valence-corrected chi connectivity index (χ3v) is 3.31. The number of nitrogens with zero attached hydrogens (tertiary/aromatic N) is 2. The number of unbranched alkanes of at least 4 members (excludes halogenated alkanes) is 1. The van der Waals surface area contributed by atoms with Crippen LogP contribution in [0.3, 0.4) is 0 Å². The van der Waals surface area contributed by atoms with Gasteiger partial charge in [0.2, 0.25) is 0 Å². The van der Waals surface area contributed by atoms with E-state index in [9.17, 15) is 4.39 Å². The van der Waals surface area contributed by atoms with E-state index in [1.54, 1.807) is 18.5 Å². The third kappa shape index (κ3) is 2.56. The van der Waals surface area contributed by atoms with Gasteiger partial charge in [-0.1, -0.05) is 29.3 Å². The lowest BCUT2D eigenvalue weighted by Crippen LogP contribution is -2.02. The first kappa shape index (κ1) is 13.1. The zero-order chi connectivity index (χ0) is 13.1. The van der Waals surface area contributed by atoms with Gasteiger partial charge in [-0.3, -0.25) is 0 Å². The number of anilines is 1. The van der Waals surface area contributed by atoms with Crippen molar-refractivity contribution >= 4 is 21.7 Å². The molecular formula is C13H15BrFN3. The maximum Gasteiger partial charge on any atom is 0.132 e. The Hall–Kier alpha value is -1.36. The van der Waals surface area contributed by atoms with Gasteiger partial charge < -0.3 is 10.3 Å². The van der Waals surface area contributed by atoms with E-state index in [0.29, 0.717) is 17.1 Å². The van der Waals surface area contributed by atoms with Gasteiger partial charge in [0, 0.05) is 16.6 Å². The molecule has 0 aliphatic rings. The van der Waals surface area contributed by atoms with Gasteiger partial charge in [-0.05, 0) is 24.6 Å². The fourth-order valence-corrected chi connectivity index (χ4v) is 2.15. The van der Waals surface area contributed by atoms with Gasteiger partial charge in [0.1, 0.15) is 17.3 Å².